The largest absolute Gasteiger partial charge is 0.346 e. The summed E-state index contributed by atoms with van der Waals surface area (Å²) in [5, 5.41) is 9.34. The van der Waals surface area contributed by atoms with Gasteiger partial charge in [-0.25, -0.2) is 0 Å². The third-order valence-corrected chi connectivity index (χ3v) is 5.81. The van der Waals surface area contributed by atoms with Crippen molar-refractivity contribution in [1.82, 2.24) is 19.6 Å². The van der Waals surface area contributed by atoms with Gasteiger partial charge in [-0.3, -0.25) is 9.58 Å². The number of rotatable bonds is 5. The lowest BCUT2D eigenvalue weighted by atomic mass is 10.2. The van der Waals surface area contributed by atoms with Gasteiger partial charge in [0, 0.05) is 43.9 Å². The van der Waals surface area contributed by atoms with Gasteiger partial charge in [-0.15, -0.1) is 0 Å². The van der Waals surface area contributed by atoms with Crippen LogP contribution in [0.25, 0.3) is 0 Å². The molecule has 1 aliphatic heterocycles. The minimum Gasteiger partial charge on any atom is -0.346 e. The second kappa shape index (κ2) is 9.39. The maximum absolute atomic E-state index is 6.29. The molecule has 29 heavy (non-hydrogen) atoms. The van der Waals surface area contributed by atoms with E-state index in [0.717, 1.165) is 55.1 Å². The van der Waals surface area contributed by atoms with Gasteiger partial charge < -0.3 is 10.2 Å². The third-order valence-electron chi connectivity index (χ3n) is 5.08. The van der Waals surface area contributed by atoms with Crippen LogP contribution in [-0.4, -0.2) is 50.9 Å². The zero-order chi connectivity index (χ0) is 20.1. The monoisotopic (exact) mass is 425 g/mol. The summed E-state index contributed by atoms with van der Waals surface area (Å²) in [6.07, 6.45) is 3.82. The number of anilines is 1. The Balaban J connectivity index is 1.26. The summed E-state index contributed by atoms with van der Waals surface area (Å²) < 4.78 is 1.92. The molecule has 0 bridgehead atoms. The third kappa shape index (κ3) is 5.35. The molecule has 3 aromatic rings. The molecule has 1 aliphatic rings. The summed E-state index contributed by atoms with van der Waals surface area (Å²) in [6.45, 7) is 5.33. The number of piperazine rings is 1. The number of aromatic nitrogens is 2. The fraction of sp³-hybridized carbons (Fsp3) is 0.273. The molecule has 1 N–H and O–H groups in total. The quantitative estimate of drug-likeness (QED) is 0.623. The van der Waals surface area contributed by atoms with E-state index in [2.05, 4.69) is 38.4 Å². The standard InChI is InChI=1S/C22H24ClN5S/c23-21-9-5-4-8-19(21)16-26-10-12-27(13-11-26)22(29)25-20-14-24-28(17-20)15-18-6-2-1-3-7-18/h1-9,14,17H,10-13,15-16H2,(H,25,29). The van der Waals surface area contributed by atoms with E-state index in [9.17, 15) is 0 Å². The molecule has 0 aliphatic carbocycles. The van der Waals surface area contributed by atoms with Crippen LogP contribution in [0.5, 0.6) is 0 Å². The van der Waals surface area contributed by atoms with Crippen molar-refractivity contribution >= 4 is 34.6 Å². The zero-order valence-electron chi connectivity index (χ0n) is 16.2. The predicted octanol–water partition coefficient (Wildman–Crippen LogP) is 4.10. The molecule has 5 nitrogen and oxygen atoms in total. The summed E-state index contributed by atoms with van der Waals surface area (Å²) in [6, 6.07) is 18.3. The van der Waals surface area contributed by atoms with Crippen LogP contribution in [0.2, 0.25) is 5.02 Å². The lowest BCUT2D eigenvalue weighted by Crippen LogP contribution is -2.49. The van der Waals surface area contributed by atoms with E-state index >= 15 is 0 Å². The van der Waals surface area contributed by atoms with Gasteiger partial charge in [0.15, 0.2) is 5.11 Å². The zero-order valence-corrected chi connectivity index (χ0v) is 17.7. The van der Waals surface area contributed by atoms with Gasteiger partial charge in [0.2, 0.25) is 0 Å². The second-order valence-electron chi connectivity index (χ2n) is 7.20. The molecule has 2 heterocycles. The number of halogens is 1. The Labute approximate surface area is 181 Å². The average Bonchev–Trinajstić information content (AvgIpc) is 3.17. The summed E-state index contributed by atoms with van der Waals surface area (Å²) >= 11 is 11.9. The fourth-order valence-corrected chi connectivity index (χ4v) is 3.96. The van der Waals surface area contributed by atoms with Gasteiger partial charge in [0.25, 0.3) is 0 Å². The maximum Gasteiger partial charge on any atom is 0.173 e. The van der Waals surface area contributed by atoms with E-state index in [0.29, 0.717) is 0 Å². The molecule has 0 unspecified atom stereocenters. The first-order chi connectivity index (χ1) is 14.2. The molecule has 1 aromatic heterocycles. The van der Waals surface area contributed by atoms with Crippen molar-refractivity contribution in [2.45, 2.75) is 13.1 Å². The number of thiocarbonyl (C=S) groups is 1. The molecule has 150 valence electrons. The topological polar surface area (TPSA) is 36.3 Å². The van der Waals surface area contributed by atoms with Crippen LogP contribution < -0.4 is 5.32 Å². The van der Waals surface area contributed by atoms with E-state index in [1.54, 1.807) is 0 Å². The van der Waals surface area contributed by atoms with E-state index < -0.39 is 0 Å². The Hall–Kier alpha value is -2.41. The van der Waals surface area contributed by atoms with Crippen molar-refractivity contribution in [2.24, 2.45) is 0 Å². The first kappa shape index (κ1) is 19.9. The molecule has 7 heteroatoms. The maximum atomic E-state index is 6.29. The Bertz CT molecular complexity index is 951. The molecule has 0 radical (unpaired) electrons. The molecular weight excluding hydrogens is 402 g/mol. The first-order valence-electron chi connectivity index (χ1n) is 9.75. The summed E-state index contributed by atoms with van der Waals surface area (Å²) in [7, 11) is 0. The fourth-order valence-electron chi connectivity index (χ4n) is 3.46. The summed E-state index contributed by atoms with van der Waals surface area (Å²) in [5.74, 6) is 0. The van der Waals surface area contributed by atoms with Crippen molar-refractivity contribution in [3.05, 3.63) is 83.1 Å². The van der Waals surface area contributed by atoms with Crippen LogP contribution in [0.15, 0.2) is 67.0 Å². The van der Waals surface area contributed by atoms with Crippen LogP contribution in [0, 0.1) is 0 Å². The SMILES string of the molecule is S=C(Nc1cnn(Cc2ccccc2)c1)N1CCN(Cc2ccccc2Cl)CC1. The highest BCUT2D eigenvalue weighted by Gasteiger charge is 2.20. The van der Waals surface area contributed by atoms with E-state index in [-0.39, 0.29) is 0 Å². The predicted molar refractivity (Wildman–Crippen MR) is 122 cm³/mol. The summed E-state index contributed by atoms with van der Waals surface area (Å²) in [4.78, 5) is 4.63. The van der Waals surface area contributed by atoms with Gasteiger partial charge in [-0.1, -0.05) is 60.1 Å². The van der Waals surface area contributed by atoms with Crippen LogP contribution >= 0.6 is 23.8 Å². The number of hydrogen-bond acceptors (Lipinski definition) is 3. The molecule has 0 spiro atoms. The molecule has 1 saturated heterocycles. The van der Waals surface area contributed by atoms with E-state index in [1.165, 1.54) is 11.1 Å². The van der Waals surface area contributed by atoms with E-state index in [4.69, 9.17) is 23.8 Å². The minimum absolute atomic E-state index is 0.746. The van der Waals surface area contributed by atoms with Crippen molar-refractivity contribution < 1.29 is 0 Å². The van der Waals surface area contributed by atoms with Gasteiger partial charge in [0.05, 0.1) is 18.4 Å². The molecule has 4 rings (SSSR count). The number of benzene rings is 2. The lowest BCUT2D eigenvalue weighted by Gasteiger charge is -2.36. The second-order valence-corrected chi connectivity index (χ2v) is 7.99. The van der Waals surface area contributed by atoms with Crippen LogP contribution in [0.4, 0.5) is 5.69 Å². The van der Waals surface area contributed by atoms with Gasteiger partial charge in [0.1, 0.15) is 0 Å². The molecule has 0 saturated carbocycles. The molecule has 1 fully saturated rings. The molecule has 0 amide bonds. The number of hydrogen-bond donors (Lipinski definition) is 1. The molecule has 2 aromatic carbocycles. The highest BCUT2D eigenvalue weighted by Crippen LogP contribution is 2.18. The van der Waals surface area contributed by atoms with Gasteiger partial charge in [-0.2, -0.15) is 5.10 Å². The Morgan fingerprint density at radius 2 is 1.69 bits per heavy atom. The van der Waals surface area contributed by atoms with Crippen LogP contribution in [0.3, 0.4) is 0 Å². The van der Waals surface area contributed by atoms with Crippen LogP contribution in [-0.2, 0) is 13.1 Å². The molecular formula is C22H24ClN5S. The smallest absolute Gasteiger partial charge is 0.173 e. The Kier molecular flexibility index (Phi) is 6.44. The van der Waals surface area contributed by atoms with Crippen LogP contribution in [0.1, 0.15) is 11.1 Å². The Morgan fingerprint density at radius 1 is 0.966 bits per heavy atom. The van der Waals surface area contributed by atoms with Crippen molar-refractivity contribution in [3.8, 4) is 0 Å². The minimum atomic E-state index is 0.746. The summed E-state index contributed by atoms with van der Waals surface area (Å²) in [5.41, 5.74) is 3.32. The Morgan fingerprint density at radius 3 is 2.45 bits per heavy atom. The highest BCUT2D eigenvalue weighted by molar-refractivity contribution is 7.80. The average molecular weight is 426 g/mol. The van der Waals surface area contributed by atoms with Gasteiger partial charge in [-0.05, 0) is 29.4 Å². The van der Waals surface area contributed by atoms with E-state index in [1.807, 2.05) is 53.5 Å². The molecule has 0 atom stereocenters. The highest BCUT2D eigenvalue weighted by atomic mass is 35.5. The van der Waals surface area contributed by atoms with Crippen molar-refractivity contribution in [1.29, 1.82) is 0 Å². The first-order valence-corrected chi connectivity index (χ1v) is 10.5. The van der Waals surface area contributed by atoms with Crippen molar-refractivity contribution in [3.63, 3.8) is 0 Å². The van der Waals surface area contributed by atoms with Crippen molar-refractivity contribution in [2.75, 3.05) is 31.5 Å². The number of nitrogens with zero attached hydrogens (tertiary/aromatic N) is 4. The lowest BCUT2D eigenvalue weighted by molar-refractivity contribution is 0.177. The van der Waals surface area contributed by atoms with Gasteiger partial charge >= 0.3 is 0 Å². The normalized spacial score (nSPS) is 14.7. The number of nitrogens with one attached hydrogen (secondary N) is 1.